The number of nitrogens with zero attached hydrogens (tertiary/aromatic N) is 2. The molecule has 0 aliphatic rings. The molecule has 17 heavy (non-hydrogen) atoms. The van der Waals surface area contributed by atoms with Gasteiger partial charge in [-0.05, 0) is 31.2 Å². The predicted molar refractivity (Wildman–Crippen MR) is 73.0 cm³/mol. The molecule has 1 heterocycles. The van der Waals surface area contributed by atoms with Gasteiger partial charge < -0.3 is 5.32 Å². The van der Waals surface area contributed by atoms with Crippen LogP contribution in [0.4, 0.5) is 5.69 Å². The highest BCUT2D eigenvalue weighted by molar-refractivity contribution is 9.10. The number of rotatable bonds is 3. The highest BCUT2D eigenvalue weighted by Crippen LogP contribution is 2.23. The molecular formula is C12H10BrN3S. The molecule has 0 fully saturated rings. The zero-order valence-corrected chi connectivity index (χ0v) is 11.5. The summed E-state index contributed by atoms with van der Waals surface area (Å²) in [6.07, 6.45) is 0. The van der Waals surface area contributed by atoms with Crippen molar-refractivity contribution in [2.45, 2.75) is 13.0 Å². The van der Waals surface area contributed by atoms with Crippen molar-refractivity contribution < 1.29 is 0 Å². The Morgan fingerprint density at radius 3 is 2.65 bits per heavy atom. The number of hydrogen-bond donors (Lipinski definition) is 1. The quantitative estimate of drug-likeness (QED) is 0.936. The summed E-state index contributed by atoms with van der Waals surface area (Å²) in [5.74, 6) is 0. The lowest BCUT2D eigenvalue weighted by molar-refractivity contribution is 0.963. The van der Waals surface area contributed by atoms with Gasteiger partial charge in [-0.15, -0.1) is 11.3 Å². The molecule has 0 spiro atoms. The molecule has 0 bridgehead atoms. The van der Waals surface area contributed by atoms with Crippen molar-refractivity contribution in [3.05, 3.63) is 44.8 Å². The zero-order valence-electron chi connectivity index (χ0n) is 9.14. The molecule has 1 atom stereocenters. The standard InChI is InChI=1S/C12H10BrN3S/c1-8-7-17-12(15-8)11(6-14)16-10-4-2-9(13)3-5-10/h2-5,7,11,16H,1H3. The molecule has 5 heteroatoms. The van der Waals surface area contributed by atoms with E-state index in [-0.39, 0.29) is 0 Å². The molecule has 1 unspecified atom stereocenters. The summed E-state index contributed by atoms with van der Waals surface area (Å²) in [5, 5.41) is 15.0. The van der Waals surface area contributed by atoms with Crippen LogP contribution in [0.1, 0.15) is 16.7 Å². The molecule has 0 saturated carbocycles. The maximum atomic E-state index is 9.15. The molecule has 2 aromatic rings. The molecular weight excluding hydrogens is 298 g/mol. The second kappa shape index (κ2) is 5.30. The Morgan fingerprint density at radius 1 is 1.41 bits per heavy atom. The third-order valence-corrected chi connectivity index (χ3v) is 3.72. The van der Waals surface area contributed by atoms with Crippen LogP contribution < -0.4 is 5.32 Å². The molecule has 86 valence electrons. The molecule has 1 aromatic heterocycles. The van der Waals surface area contributed by atoms with Crippen molar-refractivity contribution in [3.8, 4) is 6.07 Å². The van der Waals surface area contributed by atoms with Gasteiger partial charge >= 0.3 is 0 Å². The first-order valence-electron chi connectivity index (χ1n) is 5.03. The number of thiazole rings is 1. The summed E-state index contributed by atoms with van der Waals surface area (Å²) in [5.41, 5.74) is 1.86. The SMILES string of the molecule is Cc1csc(C(C#N)Nc2ccc(Br)cc2)n1. The van der Waals surface area contributed by atoms with Crippen LogP contribution in [-0.2, 0) is 0 Å². The fourth-order valence-corrected chi connectivity index (χ4v) is 2.42. The number of aromatic nitrogens is 1. The third kappa shape index (κ3) is 3.05. The van der Waals surface area contributed by atoms with Crippen molar-refractivity contribution in [2.75, 3.05) is 5.32 Å². The van der Waals surface area contributed by atoms with Crippen LogP contribution in [0.2, 0.25) is 0 Å². The first kappa shape index (κ1) is 12.1. The lowest BCUT2D eigenvalue weighted by atomic mass is 10.2. The fraction of sp³-hybridized carbons (Fsp3) is 0.167. The van der Waals surface area contributed by atoms with E-state index in [0.29, 0.717) is 0 Å². The third-order valence-electron chi connectivity index (χ3n) is 2.17. The number of nitrogens with one attached hydrogen (secondary N) is 1. The van der Waals surface area contributed by atoms with Crippen LogP contribution in [0.5, 0.6) is 0 Å². The summed E-state index contributed by atoms with van der Waals surface area (Å²) < 4.78 is 1.02. The van der Waals surface area contributed by atoms with Gasteiger partial charge in [0, 0.05) is 21.2 Å². The molecule has 0 aliphatic carbocycles. The van der Waals surface area contributed by atoms with Gasteiger partial charge in [-0.25, -0.2) is 4.98 Å². The van der Waals surface area contributed by atoms with Crippen LogP contribution in [0.25, 0.3) is 0 Å². The van der Waals surface area contributed by atoms with E-state index < -0.39 is 6.04 Å². The molecule has 2 rings (SSSR count). The Morgan fingerprint density at radius 2 is 2.12 bits per heavy atom. The number of halogens is 1. The molecule has 0 amide bonds. The largest absolute Gasteiger partial charge is 0.364 e. The Bertz CT molecular complexity index is 542. The van der Waals surface area contributed by atoms with Crippen LogP contribution >= 0.6 is 27.3 Å². The van der Waals surface area contributed by atoms with Crippen molar-refractivity contribution in [1.29, 1.82) is 5.26 Å². The maximum absolute atomic E-state index is 9.15. The van der Waals surface area contributed by atoms with Crippen molar-refractivity contribution in [2.24, 2.45) is 0 Å². The van der Waals surface area contributed by atoms with Crippen molar-refractivity contribution in [3.63, 3.8) is 0 Å². The van der Waals surface area contributed by atoms with Crippen LogP contribution in [0, 0.1) is 18.3 Å². The topological polar surface area (TPSA) is 48.7 Å². The van der Waals surface area contributed by atoms with Crippen molar-refractivity contribution >= 4 is 33.0 Å². The number of nitriles is 1. The van der Waals surface area contributed by atoms with Gasteiger partial charge in [0.15, 0.2) is 6.04 Å². The van der Waals surface area contributed by atoms with Gasteiger partial charge in [-0.3, -0.25) is 0 Å². The summed E-state index contributed by atoms with van der Waals surface area (Å²) in [7, 11) is 0. The first-order valence-corrected chi connectivity index (χ1v) is 6.70. The molecule has 0 radical (unpaired) electrons. The summed E-state index contributed by atoms with van der Waals surface area (Å²) in [6, 6.07) is 9.55. The minimum atomic E-state index is -0.394. The minimum absolute atomic E-state index is 0.394. The number of hydrogen-bond acceptors (Lipinski definition) is 4. The normalized spacial score (nSPS) is 11.8. The predicted octanol–water partition coefficient (Wildman–Crippen LogP) is 3.89. The summed E-state index contributed by atoms with van der Waals surface area (Å²) in [6.45, 7) is 1.92. The molecule has 3 nitrogen and oxygen atoms in total. The minimum Gasteiger partial charge on any atom is -0.364 e. The smallest absolute Gasteiger partial charge is 0.166 e. The Hall–Kier alpha value is -1.38. The van der Waals surface area contributed by atoms with Gasteiger partial charge in [-0.1, -0.05) is 15.9 Å². The van der Waals surface area contributed by atoms with Gasteiger partial charge in [0.25, 0.3) is 0 Å². The van der Waals surface area contributed by atoms with E-state index in [1.807, 2.05) is 36.6 Å². The van der Waals surface area contributed by atoms with Gasteiger partial charge in [0.2, 0.25) is 0 Å². The highest BCUT2D eigenvalue weighted by atomic mass is 79.9. The maximum Gasteiger partial charge on any atom is 0.166 e. The fourth-order valence-electron chi connectivity index (χ4n) is 1.37. The number of aryl methyl sites for hydroxylation is 1. The van der Waals surface area contributed by atoms with E-state index in [1.54, 1.807) is 0 Å². The molecule has 1 N–H and O–H groups in total. The number of anilines is 1. The van der Waals surface area contributed by atoms with Crippen molar-refractivity contribution in [1.82, 2.24) is 4.98 Å². The summed E-state index contributed by atoms with van der Waals surface area (Å²) in [4.78, 5) is 4.32. The van der Waals surface area contributed by atoms with E-state index >= 15 is 0 Å². The van der Waals surface area contributed by atoms with E-state index in [4.69, 9.17) is 5.26 Å². The second-order valence-electron chi connectivity index (χ2n) is 3.54. The monoisotopic (exact) mass is 307 g/mol. The average Bonchev–Trinajstić information content (AvgIpc) is 2.75. The lowest BCUT2D eigenvalue weighted by Crippen LogP contribution is -2.08. The first-order chi connectivity index (χ1) is 8.19. The van der Waals surface area contributed by atoms with E-state index in [9.17, 15) is 0 Å². The van der Waals surface area contributed by atoms with Gasteiger partial charge in [-0.2, -0.15) is 5.26 Å². The zero-order chi connectivity index (χ0) is 12.3. The molecule has 0 aliphatic heterocycles. The van der Waals surface area contributed by atoms with E-state index in [0.717, 1.165) is 20.9 Å². The molecule has 1 aromatic carbocycles. The van der Waals surface area contributed by atoms with Crippen LogP contribution in [-0.4, -0.2) is 4.98 Å². The Kier molecular flexibility index (Phi) is 3.77. The van der Waals surface area contributed by atoms with Crippen LogP contribution in [0.15, 0.2) is 34.1 Å². The lowest BCUT2D eigenvalue weighted by Gasteiger charge is -2.10. The summed E-state index contributed by atoms with van der Waals surface area (Å²) >= 11 is 4.87. The molecule has 0 saturated heterocycles. The van der Waals surface area contributed by atoms with E-state index in [2.05, 4.69) is 32.3 Å². The van der Waals surface area contributed by atoms with Gasteiger partial charge in [0.05, 0.1) is 6.07 Å². The Balaban J connectivity index is 2.16. The average molecular weight is 308 g/mol. The Labute approximate surface area is 112 Å². The van der Waals surface area contributed by atoms with E-state index in [1.165, 1.54) is 11.3 Å². The second-order valence-corrected chi connectivity index (χ2v) is 5.35. The number of benzene rings is 1. The highest BCUT2D eigenvalue weighted by Gasteiger charge is 2.13. The van der Waals surface area contributed by atoms with Gasteiger partial charge in [0.1, 0.15) is 5.01 Å². The van der Waals surface area contributed by atoms with Crippen LogP contribution in [0.3, 0.4) is 0 Å².